The zero-order valence-corrected chi connectivity index (χ0v) is 17.0. The van der Waals surface area contributed by atoms with Crippen molar-refractivity contribution in [2.24, 2.45) is 0 Å². The number of carbonyl (C=O) groups excluding carboxylic acids is 1. The molecule has 0 aliphatic heterocycles. The summed E-state index contributed by atoms with van der Waals surface area (Å²) in [5.74, 6) is -0.312. The normalized spacial score (nSPS) is 10.9. The standard InChI is InChI=1S/C19H22ClN5OS/c1-3-4-6-11-15-22-23-19(27-15)21-18(26)16-13(2)24-25(17(16)20)12-14-9-7-5-8-10-14/h5,7-10H,3-4,6,11-12H2,1-2H3,(H,21,23,26). The van der Waals surface area contributed by atoms with E-state index in [1.165, 1.54) is 11.3 Å². The summed E-state index contributed by atoms with van der Waals surface area (Å²) in [6, 6.07) is 9.86. The molecule has 0 bridgehead atoms. The summed E-state index contributed by atoms with van der Waals surface area (Å²) >= 11 is 7.84. The Hall–Kier alpha value is -2.25. The second-order valence-corrected chi connectivity index (χ2v) is 7.73. The molecule has 6 nitrogen and oxygen atoms in total. The maximum Gasteiger partial charge on any atom is 0.262 e. The topological polar surface area (TPSA) is 72.7 Å². The van der Waals surface area contributed by atoms with Crippen LogP contribution in [0.1, 0.15) is 52.8 Å². The smallest absolute Gasteiger partial charge is 0.262 e. The first-order chi connectivity index (χ1) is 13.1. The number of hydrogen-bond donors (Lipinski definition) is 1. The van der Waals surface area contributed by atoms with Crippen LogP contribution in [0.2, 0.25) is 5.15 Å². The van der Waals surface area contributed by atoms with Gasteiger partial charge in [-0.25, -0.2) is 4.68 Å². The summed E-state index contributed by atoms with van der Waals surface area (Å²) in [5, 5.41) is 17.1. The van der Waals surface area contributed by atoms with Crippen molar-refractivity contribution in [1.29, 1.82) is 0 Å². The van der Waals surface area contributed by atoms with Crippen molar-refractivity contribution >= 4 is 34.0 Å². The lowest BCUT2D eigenvalue weighted by Crippen LogP contribution is -2.13. The highest BCUT2D eigenvalue weighted by Gasteiger charge is 2.21. The van der Waals surface area contributed by atoms with Crippen LogP contribution in [-0.4, -0.2) is 25.9 Å². The lowest BCUT2D eigenvalue weighted by Gasteiger charge is -2.04. The number of nitrogens with zero attached hydrogens (tertiary/aromatic N) is 4. The first-order valence-corrected chi connectivity index (χ1v) is 10.2. The van der Waals surface area contributed by atoms with Crippen molar-refractivity contribution in [3.05, 3.63) is 57.3 Å². The number of benzene rings is 1. The van der Waals surface area contributed by atoms with E-state index in [1.807, 2.05) is 30.3 Å². The number of anilines is 1. The molecule has 0 unspecified atom stereocenters. The van der Waals surface area contributed by atoms with Crippen LogP contribution in [0.25, 0.3) is 0 Å². The molecule has 3 rings (SSSR count). The minimum atomic E-state index is -0.312. The Morgan fingerprint density at radius 2 is 2.00 bits per heavy atom. The number of rotatable bonds is 8. The van der Waals surface area contributed by atoms with Crippen LogP contribution in [0.3, 0.4) is 0 Å². The molecular formula is C19H22ClN5OS. The van der Waals surface area contributed by atoms with Crippen LogP contribution in [0.4, 0.5) is 5.13 Å². The largest absolute Gasteiger partial charge is 0.296 e. The summed E-state index contributed by atoms with van der Waals surface area (Å²) in [4.78, 5) is 12.7. The highest BCUT2D eigenvalue weighted by Crippen LogP contribution is 2.24. The van der Waals surface area contributed by atoms with E-state index in [9.17, 15) is 4.79 Å². The van der Waals surface area contributed by atoms with Crippen LogP contribution in [0.15, 0.2) is 30.3 Å². The van der Waals surface area contributed by atoms with Gasteiger partial charge in [-0.2, -0.15) is 5.10 Å². The van der Waals surface area contributed by atoms with E-state index < -0.39 is 0 Å². The summed E-state index contributed by atoms with van der Waals surface area (Å²) in [5.41, 5.74) is 2.02. The Balaban J connectivity index is 1.70. The van der Waals surface area contributed by atoms with Gasteiger partial charge in [0.05, 0.1) is 17.8 Å². The third-order valence-electron chi connectivity index (χ3n) is 4.15. The molecule has 0 aliphatic carbocycles. The SMILES string of the molecule is CCCCCc1nnc(NC(=O)c2c(C)nn(Cc3ccccc3)c2Cl)s1. The number of aromatic nitrogens is 4. The summed E-state index contributed by atoms with van der Waals surface area (Å²) < 4.78 is 1.64. The number of hydrogen-bond acceptors (Lipinski definition) is 5. The summed E-state index contributed by atoms with van der Waals surface area (Å²) in [7, 11) is 0. The Morgan fingerprint density at radius 3 is 2.74 bits per heavy atom. The van der Waals surface area contributed by atoms with Crippen LogP contribution in [-0.2, 0) is 13.0 Å². The minimum absolute atomic E-state index is 0.312. The van der Waals surface area contributed by atoms with Gasteiger partial charge in [0.2, 0.25) is 5.13 Å². The minimum Gasteiger partial charge on any atom is -0.296 e. The molecular weight excluding hydrogens is 382 g/mol. The maximum atomic E-state index is 12.7. The molecule has 1 aromatic carbocycles. The van der Waals surface area contributed by atoms with Gasteiger partial charge in [0.15, 0.2) is 0 Å². The molecule has 0 saturated carbocycles. The van der Waals surface area contributed by atoms with E-state index in [-0.39, 0.29) is 5.91 Å². The molecule has 0 saturated heterocycles. The summed E-state index contributed by atoms with van der Waals surface area (Å²) in [6.45, 7) is 4.45. The fraction of sp³-hybridized carbons (Fsp3) is 0.368. The highest BCUT2D eigenvalue weighted by molar-refractivity contribution is 7.15. The summed E-state index contributed by atoms with van der Waals surface area (Å²) in [6.07, 6.45) is 4.29. The third-order valence-corrected chi connectivity index (χ3v) is 5.43. The van der Waals surface area contributed by atoms with Gasteiger partial charge < -0.3 is 0 Å². The Kier molecular flexibility index (Phi) is 6.58. The zero-order chi connectivity index (χ0) is 19.2. The quantitative estimate of drug-likeness (QED) is 0.552. The number of unbranched alkanes of at least 4 members (excludes halogenated alkanes) is 2. The number of nitrogens with one attached hydrogen (secondary N) is 1. The van der Waals surface area contributed by atoms with Crippen LogP contribution in [0.5, 0.6) is 0 Å². The number of amides is 1. The lowest BCUT2D eigenvalue weighted by molar-refractivity contribution is 0.102. The van der Waals surface area contributed by atoms with Crippen LogP contribution >= 0.6 is 22.9 Å². The van der Waals surface area contributed by atoms with Crippen molar-refractivity contribution in [2.75, 3.05) is 5.32 Å². The van der Waals surface area contributed by atoms with E-state index in [0.29, 0.717) is 28.1 Å². The molecule has 0 radical (unpaired) electrons. The lowest BCUT2D eigenvalue weighted by atomic mass is 10.2. The van der Waals surface area contributed by atoms with Crippen molar-refractivity contribution in [2.45, 2.75) is 46.1 Å². The monoisotopic (exact) mass is 403 g/mol. The molecule has 0 atom stereocenters. The fourth-order valence-corrected chi connectivity index (χ4v) is 3.86. The van der Waals surface area contributed by atoms with Gasteiger partial charge in [0.25, 0.3) is 5.91 Å². The van der Waals surface area contributed by atoms with E-state index in [2.05, 4.69) is 27.5 Å². The van der Waals surface area contributed by atoms with Crippen molar-refractivity contribution in [3.63, 3.8) is 0 Å². The van der Waals surface area contributed by atoms with E-state index >= 15 is 0 Å². The van der Waals surface area contributed by atoms with Crippen molar-refractivity contribution < 1.29 is 4.79 Å². The van der Waals surface area contributed by atoms with Gasteiger partial charge in [-0.05, 0) is 18.9 Å². The van der Waals surface area contributed by atoms with Crippen molar-refractivity contribution in [3.8, 4) is 0 Å². The van der Waals surface area contributed by atoms with Gasteiger partial charge in [-0.1, -0.05) is 73.0 Å². The molecule has 142 valence electrons. The van der Waals surface area contributed by atoms with E-state index in [1.54, 1.807) is 11.6 Å². The molecule has 27 heavy (non-hydrogen) atoms. The maximum absolute atomic E-state index is 12.7. The molecule has 0 fully saturated rings. The van der Waals surface area contributed by atoms with Crippen LogP contribution < -0.4 is 5.32 Å². The first-order valence-electron chi connectivity index (χ1n) is 8.99. The number of aryl methyl sites for hydroxylation is 2. The number of halogens is 1. The average molecular weight is 404 g/mol. The predicted molar refractivity (Wildman–Crippen MR) is 109 cm³/mol. The average Bonchev–Trinajstić information content (AvgIpc) is 3.20. The fourth-order valence-electron chi connectivity index (χ4n) is 2.76. The van der Waals surface area contributed by atoms with Gasteiger partial charge in [0, 0.05) is 6.42 Å². The van der Waals surface area contributed by atoms with Gasteiger partial charge in [-0.3, -0.25) is 10.1 Å². The van der Waals surface area contributed by atoms with Crippen LogP contribution in [0, 0.1) is 6.92 Å². The highest BCUT2D eigenvalue weighted by atomic mass is 35.5. The Morgan fingerprint density at radius 1 is 1.22 bits per heavy atom. The predicted octanol–water partition coefficient (Wildman–Crippen LogP) is 4.73. The third kappa shape index (κ3) is 4.93. The second-order valence-electron chi connectivity index (χ2n) is 6.31. The molecule has 0 spiro atoms. The number of carbonyl (C=O) groups is 1. The molecule has 2 aromatic heterocycles. The van der Waals surface area contributed by atoms with E-state index in [0.717, 1.165) is 36.3 Å². The van der Waals surface area contributed by atoms with Gasteiger partial charge in [-0.15, -0.1) is 10.2 Å². The van der Waals surface area contributed by atoms with Gasteiger partial charge in [0.1, 0.15) is 10.2 Å². The molecule has 0 aliphatic rings. The molecule has 2 heterocycles. The Labute approximate surface area is 167 Å². The molecule has 8 heteroatoms. The zero-order valence-electron chi connectivity index (χ0n) is 15.4. The molecule has 1 amide bonds. The first kappa shape index (κ1) is 19.5. The molecule has 1 N–H and O–H groups in total. The van der Waals surface area contributed by atoms with Crippen molar-refractivity contribution in [1.82, 2.24) is 20.0 Å². The van der Waals surface area contributed by atoms with Gasteiger partial charge >= 0.3 is 0 Å². The van der Waals surface area contributed by atoms with E-state index in [4.69, 9.17) is 11.6 Å². The second kappa shape index (κ2) is 9.10. The molecule has 3 aromatic rings. The Bertz CT molecular complexity index is 906.